The number of hydrogen-bond acceptors (Lipinski definition) is 3. The number of benzene rings is 1. The maximum absolute atomic E-state index is 11.7. The van der Waals surface area contributed by atoms with E-state index in [2.05, 4.69) is 30.2 Å². The fourth-order valence-electron chi connectivity index (χ4n) is 3.12. The van der Waals surface area contributed by atoms with Crippen LogP contribution in [-0.4, -0.2) is 24.0 Å². The zero-order valence-electron chi connectivity index (χ0n) is 19.0. The smallest absolute Gasteiger partial charge is 0.244 e. The number of nitrogens with zero attached hydrogens (tertiary/aromatic N) is 1. The van der Waals surface area contributed by atoms with Crippen LogP contribution in [0.4, 0.5) is 0 Å². The molecule has 0 aliphatic carbocycles. The van der Waals surface area contributed by atoms with Crippen molar-refractivity contribution in [2.75, 3.05) is 13.2 Å². The molecule has 31 heavy (non-hydrogen) atoms. The van der Waals surface area contributed by atoms with E-state index < -0.39 is 0 Å². The topological polar surface area (TPSA) is 51.2 Å². The van der Waals surface area contributed by atoms with Crippen molar-refractivity contribution in [2.45, 2.75) is 59.3 Å². The lowest BCUT2D eigenvalue weighted by molar-refractivity contribution is -0.116. The molecular formula is C26H35ClN2O2. The standard InChI is InChI=1S/C26H35ClN2O2/c1-20(2)18-28-25(30)15-21(3)11-9-7-5-4-6-8-10-14-31-26-17-23-16-24(27)13-12-22(23)19-29-26/h9,11-13,15-17,19-20H,4-8,10,14,18H2,1-3H3,(H,28,30). The number of nitrogens with one attached hydrogen (secondary N) is 1. The van der Waals surface area contributed by atoms with Gasteiger partial charge in [0.2, 0.25) is 11.8 Å². The fourth-order valence-corrected chi connectivity index (χ4v) is 3.30. The van der Waals surface area contributed by atoms with Gasteiger partial charge in [-0.3, -0.25) is 4.79 Å². The first-order valence-corrected chi connectivity index (χ1v) is 11.6. The Kier molecular flexibility index (Phi) is 11.2. The van der Waals surface area contributed by atoms with Crippen molar-refractivity contribution >= 4 is 28.3 Å². The Labute approximate surface area is 191 Å². The van der Waals surface area contributed by atoms with E-state index in [0.29, 0.717) is 24.9 Å². The first kappa shape index (κ1) is 24.9. The van der Waals surface area contributed by atoms with Crippen molar-refractivity contribution in [2.24, 2.45) is 5.92 Å². The Morgan fingerprint density at radius 3 is 2.71 bits per heavy atom. The molecule has 1 aromatic heterocycles. The third-order valence-electron chi connectivity index (χ3n) is 4.85. The fraction of sp³-hybridized carbons (Fsp3) is 0.462. The average molecular weight is 443 g/mol. The molecule has 0 radical (unpaired) electrons. The summed E-state index contributed by atoms with van der Waals surface area (Å²) in [7, 11) is 0. The maximum Gasteiger partial charge on any atom is 0.244 e. The Bertz CT molecular complexity index is 890. The summed E-state index contributed by atoms with van der Waals surface area (Å²) in [6.45, 7) is 7.53. The van der Waals surface area contributed by atoms with E-state index >= 15 is 0 Å². The minimum absolute atomic E-state index is 0.0132. The molecule has 0 saturated heterocycles. The number of halogens is 1. The highest BCUT2D eigenvalue weighted by Gasteiger charge is 2.01. The van der Waals surface area contributed by atoms with Gasteiger partial charge in [-0.25, -0.2) is 4.98 Å². The van der Waals surface area contributed by atoms with Gasteiger partial charge >= 0.3 is 0 Å². The van der Waals surface area contributed by atoms with E-state index in [1.165, 1.54) is 12.8 Å². The van der Waals surface area contributed by atoms with Crippen LogP contribution in [0.15, 0.2) is 54.3 Å². The largest absolute Gasteiger partial charge is 0.478 e. The first-order valence-electron chi connectivity index (χ1n) is 11.2. The van der Waals surface area contributed by atoms with E-state index in [-0.39, 0.29) is 5.91 Å². The molecule has 0 fully saturated rings. The molecule has 0 saturated carbocycles. The SMILES string of the molecule is CC(C=CCCCCCCCOc1cc2cc(Cl)ccc2cn1)=CC(=O)NCC(C)C. The molecule has 2 rings (SSSR count). The lowest BCUT2D eigenvalue weighted by Gasteiger charge is -2.06. The molecule has 0 spiro atoms. The third-order valence-corrected chi connectivity index (χ3v) is 5.08. The Hall–Kier alpha value is -2.33. The van der Waals surface area contributed by atoms with Gasteiger partial charge in [0, 0.05) is 35.3 Å². The minimum Gasteiger partial charge on any atom is -0.478 e. The van der Waals surface area contributed by atoms with Crippen LogP contribution in [0.2, 0.25) is 5.02 Å². The van der Waals surface area contributed by atoms with E-state index in [4.69, 9.17) is 16.3 Å². The number of allylic oxidation sites excluding steroid dienone is 3. The molecule has 168 valence electrons. The van der Waals surface area contributed by atoms with Crippen molar-refractivity contribution in [3.8, 4) is 5.88 Å². The zero-order valence-corrected chi connectivity index (χ0v) is 19.8. The number of unbranched alkanes of at least 4 members (excludes halogenated alkanes) is 5. The Morgan fingerprint density at radius 2 is 1.90 bits per heavy atom. The lowest BCUT2D eigenvalue weighted by atomic mass is 10.1. The number of carbonyl (C=O) groups is 1. The second-order valence-electron chi connectivity index (χ2n) is 8.35. The normalized spacial score (nSPS) is 12.1. The van der Waals surface area contributed by atoms with Crippen molar-refractivity contribution in [3.05, 3.63) is 59.3 Å². The summed E-state index contributed by atoms with van der Waals surface area (Å²) in [6, 6.07) is 7.70. The van der Waals surface area contributed by atoms with Crippen LogP contribution in [0.1, 0.15) is 59.3 Å². The number of fused-ring (bicyclic) bond motifs is 1. The van der Waals surface area contributed by atoms with Crippen LogP contribution in [-0.2, 0) is 4.79 Å². The van der Waals surface area contributed by atoms with Gasteiger partial charge in [0.25, 0.3) is 0 Å². The van der Waals surface area contributed by atoms with Crippen LogP contribution in [0, 0.1) is 5.92 Å². The van der Waals surface area contributed by atoms with Gasteiger partial charge in [-0.15, -0.1) is 0 Å². The first-order chi connectivity index (χ1) is 14.9. The van der Waals surface area contributed by atoms with Crippen LogP contribution < -0.4 is 10.1 Å². The number of hydrogen-bond donors (Lipinski definition) is 1. The maximum atomic E-state index is 11.7. The van der Waals surface area contributed by atoms with Crippen LogP contribution in [0.5, 0.6) is 5.88 Å². The van der Waals surface area contributed by atoms with Gasteiger partial charge in [0.1, 0.15) is 0 Å². The molecule has 0 unspecified atom stereocenters. The summed E-state index contributed by atoms with van der Waals surface area (Å²) < 4.78 is 5.78. The number of pyridine rings is 1. The van der Waals surface area contributed by atoms with E-state index in [0.717, 1.165) is 47.1 Å². The molecule has 0 aliphatic heterocycles. The molecule has 0 atom stereocenters. The molecule has 0 bridgehead atoms. The molecule has 4 nitrogen and oxygen atoms in total. The second kappa shape index (κ2) is 13.9. The lowest BCUT2D eigenvalue weighted by Crippen LogP contribution is -2.25. The quantitative estimate of drug-likeness (QED) is 0.209. The molecule has 1 amide bonds. The van der Waals surface area contributed by atoms with Gasteiger partial charge in [-0.05, 0) is 55.2 Å². The van der Waals surface area contributed by atoms with E-state index in [9.17, 15) is 4.79 Å². The molecule has 2 aromatic rings. The predicted molar refractivity (Wildman–Crippen MR) is 131 cm³/mol. The molecule has 5 heteroatoms. The number of rotatable bonds is 13. The summed E-state index contributed by atoms with van der Waals surface area (Å²) in [4.78, 5) is 16.1. The number of ether oxygens (including phenoxy) is 1. The van der Waals surface area contributed by atoms with Crippen LogP contribution in [0.25, 0.3) is 10.8 Å². The van der Waals surface area contributed by atoms with Gasteiger partial charge in [0.15, 0.2) is 0 Å². The van der Waals surface area contributed by atoms with E-state index in [1.807, 2.05) is 43.5 Å². The summed E-state index contributed by atoms with van der Waals surface area (Å²) in [6.07, 6.45) is 14.5. The van der Waals surface area contributed by atoms with E-state index in [1.54, 1.807) is 6.08 Å². The Morgan fingerprint density at radius 1 is 1.13 bits per heavy atom. The van der Waals surface area contributed by atoms with Crippen molar-refractivity contribution < 1.29 is 9.53 Å². The highest BCUT2D eigenvalue weighted by molar-refractivity contribution is 6.31. The third kappa shape index (κ3) is 10.5. The van der Waals surface area contributed by atoms with Crippen LogP contribution in [0.3, 0.4) is 0 Å². The summed E-state index contributed by atoms with van der Waals surface area (Å²) in [5.74, 6) is 1.11. The predicted octanol–water partition coefficient (Wildman–Crippen LogP) is 6.88. The summed E-state index contributed by atoms with van der Waals surface area (Å²) in [5.41, 5.74) is 0.989. The minimum atomic E-state index is -0.0132. The number of carbonyl (C=O) groups excluding carboxylic acids is 1. The molecule has 1 N–H and O–H groups in total. The van der Waals surface area contributed by atoms with Crippen LogP contribution >= 0.6 is 11.6 Å². The molecule has 1 aromatic carbocycles. The average Bonchev–Trinajstić information content (AvgIpc) is 2.73. The van der Waals surface area contributed by atoms with Crippen molar-refractivity contribution in [1.82, 2.24) is 10.3 Å². The number of aromatic nitrogens is 1. The summed E-state index contributed by atoms with van der Waals surface area (Å²) in [5, 5.41) is 5.73. The zero-order chi connectivity index (χ0) is 22.5. The highest BCUT2D eigenvalue weighted by Crippen LogP contribution is 2.22. The van der Waals surface area contributed by atoms with Crippen molar-refractivity contribution in [1.29, 1.82) is 0 Å². The highest BCUT2D eigenvalue weighted by atomic mass is 35.5. The molecular weight excluding hydrogens is 408 g/mol. The second-order valence-corrected chi connectivity index (χ2v) is 8.79. The van der Waals surface area contributed by atoms with Gasteiger partial charge in [-0.1, -0.05) is 62.9 Å². The Balaban J connectivity index is 1.53. The summed E-state index contributed by atoms with van der Waals surface area (Å²) >= 11 is 6.05. The number of amides is 1. The van der Waals surface area contributed by atoms with Crippen molar-refractivity contribution in [3.63, 3.8) is 0 Å². The monoisotopic (exact) mass is 442 g/mol. The molecule has 0 aliphatic rings. The molecule has 1 heterocycles. The van der Waals surface area contributed by atoms with Gasteiger partial charge in [-0.2, -0.15) is 0 Å². The van der Waals surface area contributed by atoms with Gasteiger partial charge in [0.05, 0.1) is 6.61 Å². The van der Waals surface area contributed by atoms with Gasteiger partial charge < -0.3 is 10.1 Å².